The summed E-state index contributed by atoms with van der Waals surface area (Å²) in [5, 5.41) is 0.450. The minimum atomic E-state index is 0.332. The lowest BCUT2D eigenvalue weighted by atomic mass is 10.1. The third kappa shape index (κ3) is 3.52. The van der Waals surface area contributed by atoms with E-state index in [-0.39, 0.29) is 0 Å². The summed E-state index contributed by atoms with van der Waals surface area (Å²) in [5.74, 6) is 1.38. The van der Waals surface area contributed by atoms with Gasteiger partial charge in [-0.05, 0) is 12.0 Å². The third-order valence-electron chi connectivity index (χ3n) is 3.33. The van der Waals surface area contributed by atoms with Gasteiger partial charge in [0.15, 0.2) is 0 Å². The molecule has 1 unspecified atom stereocenters. The Morgan fingerprint density at radius 2 is 2.17 bits per heavy atom. The zero-order valence-corrected chi connectivity index (χ0v) is 11.8. The van der Waals surface area contributed by atoms with Crippen LogP contribution in [-0.4, -0.2) is 29.6 Å². The van der Waals surface area contributed by atoms with Gasteiger partial charge in [0.2, 0.25) is 5.91 Å². The molecule has 1 aliphatic rings. The molecule has 1 atom stereocenters. The van der Waals surface area contributed by atoms with E-state index < -0.39 is 0 Å². The minimum absolute atomic E-state index is 0.332. The molecule has 2 rings (SSSR count). The molecular formula is C15H21NOS. The predicted molar refractivity (Wildman–Crippen MR) is 77.7 cm³/mol. The topological polar surface area (TPSA) is 20.3 Å². The van der Waals surface area contributed by atoms with Gasteiger partial charge in [-0.2, -0.15) is 11.8 Å². The number of benzene rings is 1. The summed E-state index contributed by atoms with van der Waals surface area (Å²) in [6.07, 6.45) is 2.82. The maximum Gasteiger partial charge on any atom is 0.222 e. The van der Waals surface area contributed by atoms with Crippen molar-refractivity contribution in [1.29, 1.82) is 0 Å². The smallest absolute Gasteiger partial charge is 0.222 e. The van der Waals surface area contributed by atoms with Crippen LogP contribution in [0.5, 0.6) is 0 Å². The second-order valence-electron chi connectivity index (χ2n) is 4.71. The van der Waals surface area contributed by atoms with Crippen molar-refractivity contribution in [3.8, 4) is 0 Å². The van der Waals surface area contributed by atoms with Crippen LogP contribution in [0, 0.1) is 0 Å². The number of rotatable bonds is 4. The summed E-state index contributed by atoms with van der Waals surface area (Å²) in [6.45, 7) is 3.92. The molecule has 18 heavy (non-hydrogen) atoms. The molecule has 3 heteroatoms. The predicted octanol–water partition coefficient (Wildman–Crippen LogP) is 3.49. The van der Waals surface area contributed by atoms with Crippen molar-refractivity contribution in [1.82, 2.24) is 4.90 Å². The molecule has 1 fully saturated rings. The molecule has 1 heterocycles. The van der Waals surface area contributed by atoms with Crippen molar-refractivity contribution in [2.45, 2.75) is 31.4 Å². The quantitative estimate of drug-likeness (QED) is 0.828. The first-order chi connectivity index (χ1) is 8.81. The average Bonchev–Trinajstić information content (AvgIpc) is 2.46. The Hall–Kier alpha value is -0.960. The normalized spacial score (nSPS) is 19.8. The number of carbonyl (C=O) groups excluding carboxylic acids is 1. The van der Waals surface area contributed by atoms with Gasteiger partial charge in [-0.3, -0.25) is 4.79 Å². The highest BCUT2D eigenvalue weighted by Gasteiger charge is 2.24. The lowest BCUT2D eigenvalue weighted by molar-refractivity contribution is -0.131. The van der Waals surface area contributed by atoms with Gasteiger partial charge >= 0.3 is 0 Å². The molecule has 0 saturated carbocycles. The first kappa shape index (κ1) is 13.5. The molecule has 98 valence electrons. The monoisotopic (exact) mass is 263 g/mol. The van der Waals surface area contributed by atoms with Crippen LogP contribution >= 0.6 is 11.8 Å². The molecule has 1 aromatic rings. The summed E-state index contributed by atoms with van der Waals surface area (Å²) in [5.41, 5.74) is 1.34. The summed E-state index contributed by atoms with van der Waals surface area (Å²) < 4.78 is 0. The fraction of sp³-hybridized carbons (Fsp3) is 0.533. The van der Waals surface area contributed by atoms with Crippen LogP contribution in [0.1, 0.15) is 37.0 Å². The van der Waals surface area contributed by atoms with E-state index in [1.807, 2.05) is 22.7 Å². The highest BCUT2D eigenvalue weighted by molar-refractivity contribution is 7.99. The molecular weight excluding hydrogens is 242 g/mol. The number of unbranched alkanes of at least 4 members (excludes halogenated alkanes) is 1. The summed E-state index contributed by atoms with van der Waals surface area (Å²) in [7, 11) is 0. The Balaban J connectivity index is 1.94. The summed E-state index contributed by atoms with van der Waals surface area (Å²) >= 11 is 1.97. The molecule has 0 aromatic heterocycles. The molecule has 1 aromatic carbocycles. The SMILES string of the molecule is CCCCC(=O)N1CCSC(c2ccccc2)C1. The molecule has 0 bridgehead atoms. The largest absolute Gasteiger partial charge is 0.340 e. The van der Waals surface area contributed by atoms with Gasteiger partial charge in [-0.15, -0.1) is 0 Å². The maximum absolute atomic E-state index is 12.1. The Bertz CT molecular complexity index is 379. The molecule has 0 radical (unpaired) electrons. The van der Waals surface area contributed by atoms with Crippen molar-refractivity contribution in [3.63, 3.8) is 0 Å². The fourth-order valence-corrected chi connectivity index (χ4v) is 3.48. The van der Waals surface area contributed by atoms with Crippen molar-refractivity contribution in [3.05, 3.63) is 35.9 Å². The van der Waals surface area contributed by atoms with Crippen LogP contribution in [0.3, 0.4) is 0 Å². The van der Waals surface area contributed by atoms with Crippen LogP contribution < -0.4 is 0 Å². The Kier molecular flexibility index (Phi) is 5.12. The van der Waals surface area contributed by atoms with Crippen molar-refractivity contribution in [2.75, 3.05) is 18.8 Å². The molecule has 1 amide bonds. The number of thioether (sulfide) groups is 1. The van der Waals surface area contributed by atoms with Gasteiger partial charge < -0.3 is 4.90 Å². The maximum atomic E-state index is 12.1. The number of hydrogen-bond acceptors (Lipinski definition) is 2. The molecule has 1 aliphatic heterocycles. The van der Waals surface area contributed by atoms with E-state index in [4.69, 9.17) is 0 Å². The Labute approximate surface area is 114 Å². The Morgan fingerprint density at radius 3 is 2.89 bits per heavy atom. The van der Waals surface area contributed by atoms with E-state index in [1.54, 1.807) is 0 Å². The van der Waals surface area contributed by atoms with Gasteiger partial charge in [-0.1, -0.05) is 43.7 Å². The molecule has 2 nitrogen and oxygen atoms in total. The van der Waals surface area contributed by atoms with E-state index in [0.29, 0.717) is 17.6 Å². The number of nitrogens with zero attached hydrogens (tertiary/aromatic N) is 1. The van der Waals surface area contributed by atoms with Crippen LogP contribution in [0.4, 0.5) is 0 Å². The van der Waals surface area contributed by atoms with Gasteiger partial charge in [0.05, 0.1) is 0 Å². The van der Waals surface area contributed by atoms with E-state index in [0.717, 1.165) is 31.7 Å². The third-order valence-corrected chi connectivity index (χ3v) is 4.58. The van der Waals surface area contributed by atoms with Crippen LogP contribution in [0.15, 0.2) is 30.3 Å². The second kappa shape index (κ2) is 6.83. The van der Waals surface area contributed by atoms with Crippen LogP contribution in [-0.2, 0) is 4.79 Å². The fourth-order valence-electron chi connectivity index (χ4n) is 2.23. The van der Waals surface area contributed by atoms with Crippen molar-refractivity contribution in [2.24, 2.45) is 0 Å². The Morgan fingerprint density at radius 1 is 1.39 bits per heavy atom. The van der Waals surface area contributed by atoms with Gasteiger partial charge in [0.1, 0.15) is 0 Å². The highest BCUT2D eigenvalue weighted by atomic mass is 32.2. The van der Waals surface area contributed by atoms with Crippen molar-refractivity contribution >= 4 is 17.7 Å². The first-order valence-electron chi connectivity index (χ1n) is 6.75. The second-order valence-corrected chi connectivity index (χ2v) is 6.02. The van der Waals surface area contributed by atoms with Gasteiger partial charge in [-0.25, -0.2) is 0 Å². The van der Waals surface area contributed by atoms with Gasteiger partial charge in [0.25, 0.3) is 0 Å². The van der Waals surface area contributed by atoms with Crippen molar-refractivity contribution < 1.29 is 4.79 Å². The standard InChI is InChI=1S/C15H21NOS/c1-2-3-9-15(17)16-10-11-18-14(12-16)13-7-5-4-6-8-13/h4-8,14H,2-3,9-12H2,1H3. The van der Waals surface area contributed by atoms with E-state index in [9.17, 15) is 4.79 Å². The average molecular weight is 263 g/mol. The van der Waals surface area contributed by atoms with E-state index in [1.165, 1.54) is 5.56 Å². The summed E-state index contributed by atoms with van der Waals surface area (Å²) in [4.78, 5) is 14.1. The van der Waals surface area contributed by atoms with Crippen LogP contribution in [0.25, 0.3) is 0 Å². The van der Waals surface area contributed by atoms with Gasteiger partial charge in [0, 0.05) is 30.5 Å². The summed E-state index contributed by atoms with van der Waals surface area (Å²) in [6, 6.07) is 10.5. The highest BCUT2D eigenvalue weighted by Crippen LogP contribution is 2.33. The van der Waals surface area contributed by atoms with E-state index >= 15 is 0 Å². The number of carbonyl (C=O) groups is 1. The zero-order valence-electron chi connectivity index (χ0n) is 11.0. The van der Waals surface area contributed by atoms with E-state index in [2.05, 4.69) is 31.2 Å². The first-order valence-corrected chi connectivity index (χ1v) is 7.80. The lowest BCUT2D eigenvalue weighted by Crippen LogP contribution is -2.39. The number of hydrogen-bond donors (Lipinski definition) is 0. The molecule has 0 aliphatic carbocycles. The molecule has 1 saturated heterocycles. The molecule has 0 N–H and O–H groups in total. The lowest BCUT2D eigenvalue weighted by Gasteiger charge is -2.32. The minimum Gasteiger partial charge on any atom is -0.340 e. The number of amides is 1. The molecule has 0 spiro atoms. The van der Waals surface area contributed by atoms with Crippen LogP contribution in [0.2, 0.25) is 0 Å². The zero-order chi connectivity index (χ0) is 12.8.